The largest absolute Gasteiger partial charge is 0.360 e. The van der Waals surface area contributed by atoms with Gasteiger partial charge >= 0.3 is 0 Å². The Morgan fingerprint density at radius 1 is 1.54 bits per heavy atom. The second-order valence-electron chi connectivity index (χ2n) is 5.23. The Balaban J connectivity index is 2.07. The molecule has 0 aromatic carbocycles. The van der Waals surface area contributed by atoms with Crippen LogP contribution in [0.1, 0.15) is 36.3 Å². The van der Waals surface area contributed by atoms with Crippen molar-refractivity contribution in [1.82, 2.24) is 15.3 Å². The molecular weight excluding hydrogens is 312 g/mol. The number of aromatic nitrogens is 2. The first kappa shape index (κ1) is 17.3. The summed E-state index contributed by atoms with van der Waals surface area (Å²) in [6.45, 7) is 6.98. The lowest BCUT2D eigenvalue weighted by molar-refractivity contribution is -0.116. The average Bonchev–Trinajstić information content (AvgIpc) is 2.58. The lowest BCUT2D eigenvalue weighted by atomic mass is 10.0. The molecule has 9 nitrogen and oxygen atoms in total. The van der Waals surface area contributed by atoms with Crippen molar-refractivity contribution >= 4 is 29.6 Å². The normalized spacial score (nSPS) is 14.9. The van der Waals surface area contributed by atoms with Crippen molar-refractivity contribution in [2.75, 3.05) is 5.32 Å². The van der Waals surface area contributed by atoms with Gasteiger partial charge in [-0.05, 0) is 20.3 Å². The van der Waals surface area contributed by atoms with Crippen LogP contribution >= 0.6 is 0 Å². The Kier molecular flexibility index (Phi) is 5.35. The molecule has 0 spiro atoms. The smallest absolute Gasteiger partial charge is 0.270 e. The van der Waals surface area contributed by atoms with E-state index in [2.05, 4.69) is 32.3 Å². The van der Waals surface area contributed by atoms with Gasteiger partial charge in [0.2, 0.25) is 5.91 Å². The Morgan fingerprint density at radius 3 is 3.00 bits per heavy atom. The van der Waals surface area contributed by atoms with Gasteiger partial charge in [-0.2, -0.15) is 0 Å². The molecule has 1 unspecified atom stereocenters. The van der Waals surface area contributed by atoms with Crippen molar-refractivity contribution in [3.8, 4) is 0 Å². The number of hydrogen-bond donors (Lipinski definition) is 3. The standard InChI is InChI=1S/C15H18N6O3/c1-8(6-16)21-24-10(3)9(2)19-15(23)13-11-4-5-12(22)20-14(11)18-7-17-13/h6-7,9,16H,3-5H2,1-2H3,(H,19,23)(H,17,18,20,22)/b16-6?,21-8+. The molecule has 2 heterocycles. The monoisotopic (exact) mass is 330 g/mol. The van der Waals surface area contributed by atoms with Crippen molar-refractivity contribution in [3.05, 3.63) is 29.9 Å². The van der Waals surface area contributed by atoms with Gasteiger partial charge in [0.25, 0.3) is 5.91 Å². The summed E-state index contributed by atoms with van der Waals surface area (Å²) in [7, 11) is 0. The van der Waals surface area contributed by atoms with Gasteiger partial charge in [-0.15, -0.1) is 0 Å². The molecule has 0 saturated carbocycles. The second-order valence-corrected chi connectivity index (χ2v) is 5.23. The zero-order valence-electron chi connectivity index (χ0n) is 13.4. The molecule has 2 rings (SSSR count). The lowest BCUT2D eigenvalue weighted by Gasteiger charge is -2.19. The molecule has 0 radical (unpaired) electrons. The zero-order valence-corrected chi connectivity index (χ0v) is 13.4. The van der Waals surface area contributed by atoms with Gasteiger partial charge in [-0.3, -0.25) is 9.59 Å². The minimum atomic E-state index is -0.524. The van der Waals surface area contributed by atoms with E-state index in [1.54, 1.807) is 13.8 Å². The van der Waals surface area contributed by atoms with Crippen LogP contribution in [0.25, 0.3) is 0 Å². The molecule has 2 amide bonds. The number of amides is 2. The fourth-order valence-corrected chi connectivity index (χ4v) is 1.97. The van der Waals surface area contributed by atoms with E-state index >= 15 is 0 Å². The van der Waals surface area contributed by atoms with Crippen molar-refractivity contribution in [2.24, 2.45) is 5.16 Å². The molecule has 1 aliphatic heterocycles. The zero-order chi connectivity index (χ0) is 17.7. The van der Waals surface area contributed by atoms with Crippen LogP contribution in [0, 0.1) is 5.41 Å². The van der Waals surface area contributed by atoms with E-state index < -0.39 is 11.9 Å². The Hall–Kier alpha value is -3.10. The maximum absolute atomic E-state index is 12.4. The molecule has 1 aromatic rings. The van der Waals surface area contributed by atoms with Crippen LogP contribution in [-0.2, 0) is 16.1 Å². The van der Waals surface area contributed by atoms with Crippen LogP contribution in [0.15, 0.2) is 23.8 Å². The number of carbonyl (C=O) groups is 2. The Labute approximate surface area is 138 Å². The predicted molar refractivity (Wildman–Crippen MR) is 88.0 cm³/mol. The number of nitrogens with one attached hydrogen (secondary N) is 3. The summed E-state index contributed by atoms with van der Waals surface area (Å²) in [5.74, 6) is 0.0260. The van der Waals surface area contributed by atoms with Crippen molar-refractivity contribution < 1.29 is 14.4 Å². The molecule has 9 heteroatoms. The molecular formula is C15H18N6O3. The minimum Gasteiger partial charge on any atom is -0.360 e. The van der Waals surface area contributed by atoms with E-state index in [0.29, 0.717) is 23.5 Å². The molecule has 1 aliphatic rings. The predicted octanol–water partition coefficient (Wildman–Crippen LogP) is 1.04. The van der Waals surface area contributed by atoms with Gasteiger partial charge < -0.3 is 20.9 Å². The lowest BCUT2D eigenvalue weighted by Crippen LogP contribution is -2.36. The number of oxime groups is 1. The Bertz CT molecular complexity index is 728. The quantitative estimate of drug-likeness (QED) is 0.407. The van der Waals surface area contributed by atoms with Crippen molar-refractivity contribution in [3.63, 3.8) is 0 Å². The highest BCUT2D eigenvalue weighted by Gasteiger charge is 2.24. The number of rotatable bonds is 6. The molecule has 126 valence electrons. The van der Waals surface area contributed by atoms with Crippen molar-refractivity contribution in [1.29, 1.82) is 5.41 Å². The third-order valence-electron chi connectivity index (χ3n) is 3.37. The van der Waals surface area contributed by atoms with Gasteiger partial charge in [-0.1, -0.05) is 11.7 Å². The first-order valence-electron chi connectivity index (χ1n) is 7.27. The summed E-state index contributed by atoms with van der Waals surface area (Å²) in [5.41, 5.74) is 1.18. The molecule has 1 atom stereocenters. The number of hydrogen-bond acceptors (Lipinski definition) is 7. The van der Waals surface area contributed by atoms with E-state index in [4.69, 9.17) is 10.2 Å². The molecule has 0 saturated heterocycles. The van der Waals surface area contributed by atoms with E-state index in [1.807, 2.05) is 0 Å². The van der Waals surface area contributed by atoms with Crippen molar-refractivity contribution in [2.45, 2.75) is 32.7 Å². The van der Waals surface area contributed by atoms with Crippen LogP contribution in [0.2, 0.25) is 0 Å². The fraction of sp³-hybridized carbons (Fsp3) is 0.333. The van der Waals surface area contributed by atoms with Gasteiger partial charge in [0.15, 0.2) is 0 Å². The van der Waals surface area contributed by atoms with Crippen LogP contribution in [-0.4, -0.2) is 39.8 Å². The summed E-state index contributed by atoms with van der Waals surface area (Å²) in [6, 6.07) is -0.524. The first-order chi connectivity index (χ1) is 11.4. The van der Waals surface area contributed by atoms with Crippen LogP contribution < -0.4 is 10.6 Å². The minimum absolute atomic E-state index is 0.137. The molecule has 3 N–H and O–H groups in total. The molecule has 0 aliphatic carbocycles. The molecule has 0 fully saturated rings. The molecule has 0 bridgehead atoms. The van der Waals surface area contributed by atoms with Crippen LogP contribution in [0.4, 0.5) is 5.82 Å². The topological polar surface area (TPSA) is 129 Å². The maximum Gasteiger partial charge on any atom is 0.270 e. The Morgan fingerprint density at radius 2 is 2.29 bits per heavy atom. The fourth-order valence-electron chi connectivity index (χ4n) is 1.97. The average molecular weight is 330 g/mol. The third kappa shape index (κ3) is 4.00. The molecule has 1 aromatic heterocycles. The second kappa shape index (κ2) is 7.44. The summed E-state index contributed by atoms with van der Waals surface area (Å²) in [4.78, 5) is 36.9. The number of nitrogens with zero attached hydrogens (tertiary/aromatic N) is 3. The van der Waals surface area contributed by atoms with Gasteiger partial charge in [0, 0.05) is 18.2 Å². The third-order valence-corrected chi connectivity index (χ3v) is 3.37. The number of carbonyl (C=O) groups excluding carboxylic acids is 2. The maximum atomic E-state index is 12.4. The SMILES string of the molecule is C=C(O/N=C(\C)C=N)C(C)NC(=O)c1ncnc2c1CCC(=O)N2. The van der Waals surface area contributed by atoms with Gasteiger partial charge in [0.05, 0.1) is 11.8 Å². The van der Waals surface area contributed by atoms with Crippen LogP contribution in [0.5, 0.6) is 0 Å². The summed E-state index contributed by atoms with van der Waals surface area (Å²) in [5, 5.41) is 16.0. The summed E-state index contributed by atoms with van der Waals surface area (Å²) < 4.78 is 0. The van der Waals surface area contributed by atoms with E-state index in [9.17, 15) is 9.59 Å². The van der Waals surface area contributed by atoms with Gasteiger partial charge in [0.1, 0.15) is 23.6 Å². The number of anilines is 1. The van der Waals surface area contributed by atoms with E-state index in [0.717, 1.165) is 6.21 Å². The number of fused-ring (bicyclic) bond motifs is 1. The summed E-state index contributed by atoms with van der Waals surface area (Å²) in [6.07, 6.45) is 2.95. The highest BCUT2D eigenvalue weighted by atomic mass is 16.6. The highest BCUT2D eigenvalue weighted by molar-refractivity contribution is 6.28. The first-order valence-corrected chi connectivity index (χ1v) is 7.27. The van der Waals surface area contributed by atoms with Gasteiger partial charge in [-0.25, -0.2) is 9.97 Å². The van der Waals surface area contributed by atoms with Crippen LogP contribution in [0.3, 0.4) is 0 Å². The van der Waals surface area contributed by atoms with E-state index in [1.165, 1.54) is 6.33 Å². The summed E-state index contributed by atoms with van der Waals surface area (Å²) >= 11 is 0. The van der Waals surface area contributed by atoms with E-state index in [-0.39, 0.29) is 23.8 Å². The molecule has 24 heavy (non-hydrogen) atoms. The highest BCUT2D eigenvalue weighted by Crippen LogP contribution is 2.22.